The Balaban J connectivity index is 1.61. The van der Waals surface area contributed by atoms with E-state index >= 15 is 0 Å². The molecule has 2 aliphatic rings. The van der Waals surface area contributed by atoms with Crippen molar-refractivity contribution in [3.8, 4) is 0 Å². The van der Waals surface area contributed by atoms with Crippen molar-refractivity contribution in [3.63, 3.8) is 0 Å². The molecule has 4 aromatic carbocycles. The number of anilines is 4. The second kappa shape index (κ2) is 13.1. The Bertz CT molecular complexity index is 2130. The Hall–Kier alpha value is -5.30. The van der Waals surface area contributed by atoms with Gasteiger partial charge in [-0.1, -0.05) is 115 Å². The molecule has 0 unspecified atom stereocenters. The maximum Gasteiger partial charge on any atom is 0.197 e. The van der Waals surface area contributed by atoms with Gasteiger partial charge in [-0.2, -0.15) is 0 Å². The number of carbonyl (C=O) groups is 2. The van der Waals surface area contributed by atoms with E-state index in [1.807, 2.05) is 26.1 Å². The fourth-order valence-corrected chi connectivity index (χ4v) is 7.60. The van der Waals surface area contributed by atoms with Gasteiger partial charge >= 0.3 is 0 Å². The highest BCUT2D eigenvalue weighted by Gasteiger charge is 2.40. The molecule has 0 radical (unpaired) electrons. The van der Waals surface area contributed by atoms with Gasteiger partial charge in [0.2, 0.25) is 0 Å². The highest BCUT2D eigenvalue weighted by atomic mass is 16.2. The lowest BCUT2D eigenvalue weighted by molar-refractivity contribution is 0.0988. The van der Waals surface area contributed by atoms with Crippen LogP contribution in [0.4, 0.5) is 22.7 Å². The van der Waals surface area contributed by atoms with Gasteiger partial charge in [0.15, 0.2) is 11.6 Å². The minimum Gasteiger partial charge on any atom is -0.293 e. The molecule has 0 spiro atoms. The molecule has 1 aliphatic carbocycles. The molecule has 0 bridgehead atoms. The summed E-state index contributed by atoms with van der Waals surface area (Å²) in [6.45, 7) is 17.8. The maximum atomic E-state index is 13.9. The first-order valence-corrected chi connectivity index (χ1v) is 18.1. The van der Waals surface area contributed by atoms with Gasteiger partial charge in [0.1, 0.15) is 13.7 Å². The van der Waals surface area contributed by atoms with Gasteiger partial charge in [-0.15, -0.1) is 0 Å². The van der Waals surface area contributed by atoms with Crippen LogP contribution in [-0.2, 0) is 0 Å². The van der Waals surface area contributed by atoms with Crippen molar-refractivity contribution in [2.75, 3.05) is 9.80 Å². The Morgan fingerprint density at radius 2 is 1.00 bits per heavy atom. The van der Waals surface area contributed by atoms with E-state index in [-0.39, 0.29) is 40.8 Å². The third kappa shape index (κ3) is 5.69. The number of hydrogen-bond donors (Lipinski definition) is 0. The van der Waals surface area contributed by atoms with E-state index in [0.29, 0.717) is 11.1 Å². The zero-order valence-electron chi connectivity index (χ0n) is 31.1. The molecular formula is C44H45BN4O2. The molecule has 0 atom stereocenters. The monoisotopic (exact) mass is 672 g/mol. The molecule has 6 nitrogen and oxygen atoms in total. The molecule has 51 heavy (non-hydrogen) atoms. The molecule has 0 fully saturated rings. The Morgan fingerprint density at radius 3 is 1.43 bits per heavy atom. The minimum absolute atomic E-state index is 0.176. The van der Waals surface area contributed by atoms with Crippen LogP contribution in [0.25, 0.3) is 11.0 Å². The third-order valence-corrected chi connectivity index (χ3v) is 10.2. The minimum atomic E-state index is -0.240. The van der Waals surface area contributed by atoms with E-state index in [1.165, 1.54) is 22.3 Å². The molecule has 7 rings (SSSR count). The van der Waals surface area contributed by atoms with Crippen molar-refractivity contribution >= 4 is 58.7 Å². The second-order valence-corrected chi connectivity index (χ2v) is 15.1. The Morgan fingerprint density at radius 1 is 0.569 bits per heavy atom. The molecule has 0 saturated carbocycles. The molecular weight excluding hydrogens is 627 g/mol. The summed E-state index contributed by atoms with van der Waals surface area (Å²) in [4.78, 5) is 41.8. The van der Waals surface area contributed by atoms with Crippen molar-refractivity contribution in [1.82, 2.24) is 9.97 Å². The number of hydrogen-bond acceptors (Lipinski definition) is 6. The number of rotatable bonds is 7. The molecule has 7 heteroatoms. The zero-order valence-corrected chi connectivity index (χ0v) is 31.1. The first-order chi connectivity index (χ1) is 24.4. The average Bonchev–Trinajstić information content (AvgIpc) is 3.53. The highest BCUT2D eigenvalue weighted by Crippen LogP contribution is 2.56. The third-order valence-electron chi connectivity index (χ3n) is 10.2. The summed E-state index contributed by atoms with van der Waals surface area (Å²) < 4.78 is 0. The predicted octanol–water partition coefficient (Wildman–Crippen LogP) is 9.52. The Labute approximate surface area is 302 Å². The van der Waals surface area contributed by atoms with E-state index in [9.17, 15) is 9.59 Å². The average molecular weight is 673 g/mol. The van der Waals surface area contributed by atoms with Crippen LogP contribution in [0.5, 0.6) is 0 Å². The molecule has 1 aliphatic heterocycles. The van der Waals surface area contributed by atoms with Gasteiger partial charge in [-0.25, -0.2) is 0 Å². The van der Waals surface area contributed by atoms with Crippen molar-refractivity contribution < 1.29 is 9.59 Å². The lowest BCUT2D eigenvalue weighted by atomic mass is 9.91. The summed E-state index contributed by atoms with van der Waals surface area (Å²) in [5, 5.41) is 0. The number of allylic oxidation sites excluding steroid dienone is 3. The molecule has 0 amide bonds. The van der Waals surface area contributed by atoms with E-state index in [2.05, 4.69) is 114 Å². The first kappa shape index (κ1) is 34.2. The number of carbonyl (C=O) groups excluding carboxylic acids is 2. The number of ketones is 2. The summed E-state index contributed by atoms with van der Waals surface area (Å²) in [6, 6.07) is 22.9. The highest BCUT2D eigenvalue weighted by molar-refractivity contribution is 6.41. The SMILES string of the molecule is Bc1ccc2c(c1)C(=O)/C(=C/C=C1N(c3c(C(C)C)cccc3C(C)C)c3cc4nccnc4cc3N1c1c(C(C)C)cccc1C(C)C)C2=O. The molecule has 2 heterocycles. The number of benzene rings is 4. The summed E-state index contributed by atoms with van der Waals surface area (Å²) in [6.07, 6.45) is 7.20. The number of Topliss-reactive ketones (excluding diaryl/α,β-unsaturated/α-hetero) is 2. The first-order valence-electron chi connectivity index (χ1n) is 18.1. The van der Waals surface area contributed by atoms with Crippen LogP contribution in [0, 0.1) is 0 Å². The second-order valence-electron chi connectivity index (χ2n) is 15.1. The van der Waals surface area contributed by atoms with Crippen LogP contribution in [0.1, 0.15) is 122 Å². The van der Waals surface area contributed by atoms with Crippen LogP contribution in [-0.4, -0.2) is 29.4 Å². The molecule has 0 N–H and O–H groups in total. The van der Waals surface area contributed by atoms with Crippen LogP contribution >= 0.6 is 0 Å². The smallest absolute Gasteiger partial charge is 0.197 e. The zero-order chi connectivity index (χ0) is 36.3. The van der Waals surface area contributed by atoms with Crippen LogP contribution < -0.4 is 15.3 Å². The van der Waals surface area contributed by atoms with Crippen molar-refractivity contribution in [3.05, 3.63) is 136 Å². The Kier molecular flexibility index (Phi) is 8.78. The lowest BCUT2D eigenvalue weighted by Crippen LogP contribution is -2.25. The van der Waals surface area contributed by atoms with Gasteiger partial charge in [-0.05, 0) is 70.2 Å². The van der Waals surface area contributed by atoms with Gasteiger partial charge in [0.25, 0.3) is 0 Å². The predicted molar refractivity (Wildman–Crippen MR) is 213 cm³/mol. The van der Waals surface area contributed by atoms with Crippen molar-refractivity contribution in [2.45, 2.75) is 79.1 Å². The lowest BCUT2D eigenvalue weighted by Gasteiger charge is -2.33. The maximum absolute atomic E-state index is 13.9. The fourth-order valence-electron chi connectivity index (χ4n) is 7.60. The molecule has 0 saturated heterocycles. The number of fused-ring (bicyclic) bond motifs is 3. The summed E-state index contributed by atoms with van der Waals surface area (Å²) in [7, 11) is 1.94. The topological polar surface area (TPSA) is 66.4 Å². The van der Waals surface area contributed by atoms with Crippen LogP contribution in [0.2, 0.25) is 0 Å². The van der Waals surface area contributed by atoms with Gasteiger partial charge < -0.3 is 0 Å². The molecule has 1 aromatic heterocycles. The van der Waals surface area contributed by atoms with E-state index in [4.69, 9.17) is 9.97 Å². The number of nitrogens with zero attached hydrogens (tertiary/aromatic N) is 4. The van der Waals surface area contributed by atoms with Gasteiger partial charge in [0, 0.05) is 23.5 Å². The molecule has 256 valence electrons. The van der Waals surface area contributed by atoms with Gasteiger partial charge in [0.05, 0.1) is 39.4 Å². The fraction of sp³-hybridized carbons (Fsp3) is 0.273. The standard InChI is InChI=1S/C44H45BN4O2/c1-24(2)29-11-9-12-30(25(3)4)41(29)48-38-22-36-37(47-20-19-46-36)23-39(38)49(42-31(26(5)6)13-10-14-32(42)27(7)8)40(48)18-17-34-43(50)33-16-15-28(45)21-35(33)44(34)51/h9-27H,45H2,1-8H3/b34-17+. The van der Waals surface area contributed by atoms with Crippen molar-refractivity contribution in [1.29, 1.82) is 0 Å². The number of aromatic nitrogens is 2. The van der Waals surface area contributed by atoms with E-state index < -0.39 is 0 Å². The number of para-hydroxylation sites is 2. The quantitative estimate of drug-likeness (QED) is 0.0975. The summed E-state index contributed by atoms with van der Waals surface area (Å²) in [5.74, 6) is 1.25. The van der Waals surface area contributed by atoms with Gasteiger partial charge in [-0.3, -0.25) is 29.4 Å². The van der Waals surface area contributed by atoms with Crippen LogP contribution in [0.15, 0.2) is 103 Å². The van der Waals surface area contributed by atoms with Crippen LogP contribution in [0.3, 0.4) is 0 Å². The van der Waals surface area contributed by atoms with E-state index in [0.717, 1.165) is 45.1 Å². The normalized spacial score (nSPS) is 15.1. The van der Waals surface area contributed by atoms with Crippen molar-refractivity contribution in [2.24, 2.45) is 0 Å². The summed E-state index contributed by atoms with van der Waals surface area (Å²) in [5.41, 5.74) is 12.6. The largest absolute Gasteiger partial charge is 0.293 e. The summed E-state index contributed by atoms with van der Waals surface area (Å²) >= 11 is 0. The van der Waals surface area contributed by atoms with E-state index in [1.54, 1.807) is 24.5 Å². The molecule has 5 aromatic rings.